The van der Waals surface area contributed by atoms with Crippen molar-refractivity contribution in [1.29, 1.82) is 0 Å². The van der Waals surface area contributed by atoms with Crippen LogP contribution in [0.2, 0.25) is 5.02 Å². The average Bonchev–Trinajstić information content (AvgIpc) is 3.21. The molecule has 1 saturated carbocycles. The Morgan fingerprint density at radius 3 is 2.47 bits per heavy atom. The first-order valence-electron chi connectivity index (χ1n) is 12.8. The largest absolute Gasteiger partial charge is 0.493 e. The van der Waals surface area contributed by atoms with Crippen molar-refractivity contribution in [3.8, 4) is 11.5 Å². The summed E-state index contributed by atoms with van der Waals surface area (Å²) < 4.78 is 51.0. The van der Waals surface area contributed by atoms with Gasteiger partial charge in [-0.25, -0.2) is 4.79 Å². The molecule has 4 rings (SSSR count). The van der Waals surface area contributed by atoms with Gasteiger partial charge >= 0.3 is 12.2 Å². The Kier molecular flexibility index (Phi) is 8.09. The third-order valence-corrected chi connectivity index (χ3v) is 8.49. The van der Waals surface area contributed by atoms with E-state index >= 15 is 0 Å². The van der Waals surface area contributed by atoms with Gasteiger partial charge in [0, 0.05) is 29.2 Å². The van der Waals surface area contributed by atoms with Crippen LogP contribution in [-0.4, -0.2) is 61.8 Å². The van der Waals surface area contributed by atoms with Crippen LogP contribution in [0.15, 0.2) is 36.4 Å². The fourth-order valence-electron chi connectivity index (χ4n) is 6.33. The Morgan fingerprint density at radius 2 is 1.84 bits per heavy atom. The Labute approximate surface area is 227 Å². The van der Waals surface area contributed by atoms with Crippen LogP contribution in [0.1, 0.15) is 50.7 Å². The van der Waals surface area contributed by atoms with Gasteiger partial charge in [-0.05, 0) is 89.0 Å². The van der Waals surface area contributed by atoms with Crippen molar-refractivity contribution in [2.75, 3.05) is 33.1 Å². The average molecular weight is 554 g/mol. The molecular weight excluding hydrogens is 519 g/mol. The molecule has 2 aromatic rings. The number of halogens is 4. The number of ether oxygens (including phenoxy) is 2. The molecule has 3 atom stereocenters. The number of fused-ring (bicyclic) bond motifs is 1. The predicted molar refractivity (Wildman–Crippen MR) is 142 cm³/mol. The first-order chi connectivity index (χ1) is 17.9. The lowest BCUT2D eigenvalue weighted by molar-refractivity contribution is -0.137. The number of nitrogens with one attached hydrogen (secondary N) is 1. The highest BCUT2D eigenvalue weighted by atomic mass is 35.5. The summed E-state index contributed by atoms with van der Waals surface area (Å²) in [5, 5.41) is 2.28. The molecule has 1 aliphatic heterocycles. The molecule has 0 bridgehead atoms. The van der Waals surface area contributed by atoms with E-state index in [1.807, 2.05) is 19.9 Å². The van der Waals surface area contributed by atoms with Crippen LogP contribution in [0.3, 0.4) is 0 Å². The number of anilines is 1. The van der Waals surface area contributed by atoms with E-state index in [1.165, 1.54) is 11.6 Å². The zero-order chi connectivity index (χ0) is 27.8. The van der Waals surface area contributed by atoms with E-state index < -0.39 is 22.8 Å². The molecule has 2 fully saturated rings. The second-order valence-corrected chi connectivity index (χ2v) is 10.9. The van der Waals surface area contributed by atoms with E-state index in [9.17, 15) is 18.0 Å². The third kappa shape index (κ3) is 5.27. The summed E-state index contributed by atoms with van der Waals surface area (Å²) in [5.74, 6) is 1.38. The molecule has 1 saturated heterocycles. The number of rotatable bonds is 6. The van der Waals surface area contributed by atoms with E-state index in [-0.39, 0.29) is 29.2 Å². The number of nitrogens with zero attached hydrogens (tertiary/aromatic N) is 2. The summed E-state index contributed by atoms with van der Waals surface area (Å²) in [6, 6.07) is 9.12. The van der Waals surface area contributed by atoms with Crippen LogP contribution in [0, 0.1) is 0 Å². The van der Waals surface area contributed by atoms with Crippen LogP contribution in [0.25, 0.3) is 0 Å². The predicted octanol–water partition coefficient (Wildman–Crippen LogP) is 6.81. The molecule has 6 nitrogen and oxygen atoms in total. The highest BCUT2D eigenvalue weighted by Crippen LogP contribution is 2.51. The quantitative estimate of drug-likeness (QED) is 0.427. The maximum Gasteiger partial charge on any atom is 0.417 e. The Hall–Kier alpha value is -2.65. The number of carbonyl (C=O) groups is 1. The van der Waals surface area contributed by atoms with Gasteiger partial charge in [0.25, 0.3) is 0 Å². The SMILES string of the molecule is COc1ccc([C@@]23CC[C@H](N(C(=O)Nc4ccc(Cl)c(C(F)(F)F)c4)C(C)C)C[C@@H]2N(C)CC3)cc1OC. The van der Waals surface area contributed by atoms with Crippen LogP contribution in [-0.2, 0) is 11.6 Å². The van der Waals surface area contributed by atoms with Crippen LogP contribution >= 0.6 is 11.6 Å². The number of urea groups is 1. The van der Waals surface area contributed by atoms with Gasteiger partial charge in [0.05, 0.1) is 24.8 Å². The van der Waals surface area contributed by atoms with E-state index in [0.717, 1.165) is 44.4 Å². The molecule has 1 heterocycles. The molecule has 2 aliphatic rings. The summed E-state index contributed by atoms with van der Waals surface area (Å²) in [7, 11) is 5.36. The lowest BCUT2D eigenvalue weighted by Gasteiger charge is -2.48. The van der Waals surface area contributed by atoms with Crippen LogP contribution < -0.4 is 14.8 Å². The fraction of sp³-hybridized carbons (Fsp3) is 0.536. The van der Waals surface area contributed by atoms with Gasteiger partial charge in [-0.3, -0.25) is 0 Å². The van der Waals surface area contributed by atoms with Crippen molar-refractivity contribution < 1.29 is 27.4 Å². The number of carbonyl (C=O) groups excluding carboxylic acids is 1. The number of alkyl halides is 3. The molecule has 0 unspecified atom stereocenters. The Balaban J connectivity index is 1.58. The lowest BCUT2D eigenvalue weighted by atomic mass is 9.64. The summed E-state index contributed by atoms with van der Waals surface area (Å²) in [4.78, 5) is 17.6. The number of amides is 2. The zero-order valence-corrected chi connectivity index (χ0v) is 23.1. The topological polar surface area (TPSA) is 54.0 Å². The van der Waals surface area contributed by atoms with Gasteiger partial charge in [-0.2, -0.15) is 13.2 Å². The summed E-state index contributed by atoms with van der Waals surface area (Å²) >= 11 is 5.75. The summed E-state index contributed by atoms with van der Waals surface area (Å²) in [6.45, 7) is 4.79. The number of benzene rings is 2. The van der Waals surface area contributed by atoms with E-state index in [1.54, 1.807) is 19.1 Å². The number of hydrogen-bond acceptors (Lipinski definition) is 4. The first kappa shape index (κ1) is 28.4. The number of likely N-dealkylation sites (tertiary alicyclic amines) is 1. The second kappa shape index (κ2) is 10.8. The number of likely N-dealkylation sites (N-methyl/N-ethyl adjacent to an activating group) is 1. The number of methoxy groups -OCH3 is 2. The second-order valence-electron chi connectivity index (χ2n) is 10.5. The maximum atomic E-state index is 13.4. The maximum absolute atomic E-state index is 13.4. The molecule has 208 valence electrons. The minimum absolute atomic E-state index is 0.0610. The summed E-state index contributed by atoms with van der Waals surface area (Å²) in [6.07, 6.45) is -1.21. The monoisotopic (exact) mass is 553 g/mol. The standard InChI is InChI=1S/C28H35ClF3N3O3/c1-17(2)35(26(36)33-19-7-8-22(29)21(15-19)28(30,31)32)20-10-11-27(12-13-34(3)25(27)16-20)18-6-9-23(37-4)24(14-18)38-5/h6-9,14-15,17,20,25H,10-13,16H2,1-5H3,(H,33,36)/t20-,25-,27-/m0/s1. The van der Waals surface area contributed by atoms with E-state index in [0.29, 0.717) is 11.5 Å². The van der Waals surface area contributed by atoms with E-state index in [2.05, 4.69) is 29.4 Å². The van der Waals surface area contributed by atoms with Gasteiger partial charge in [-0.15, -0.1) is 0 Å². The molecule has 0 spiro atoms. The van der Waals surface area contributed by atoms with Crippen molar-refractivity contribution in [3.05, 3.63) is 52.5 Å². The van der Waals surface area contributed by atoms with Crippen molar-refractivity contribution in [3.63, 3.8) is 0 Å². The Morgan fingerprint density at radius 1 is 1.13 bits per heavy atom. The summed E-state index contributed by atoms with van der Waals surface area (Å²) in [5.41, 5.74) is 0.204. The zero-order valence-electron chi connectivity index (χ0n) is 22.4. The van der Waals surface area contributed by atoms with Gasteiger partial charge in [0.15, 0.2) is 11.5 Å². The fourth-order valence-corrected chi connectivity index (χ4v) is 6.55. The molecule has 2 amide bonds. The van der Waals surface area contributed by atoms with E-state index in [4.69, 9.17) is 21.1 Å². The molecule has 0 radical (unpaired) electrons. The first-order valence-corrected chi connectivity index (χ1v) is 13.2. The normalized spacial score (nSPS) is 23.7. The van der Waals surface area contributed by atoms with Gasteiger partial charge in [0.2, 0.25) is 0 Å². The minimum atomic E-state index is -4.61. The van der Waals surface area contributed by atoms with Crippen molar-refractivity contribution in [2.24, 2.45) is 0 Å². The number of hydrogen-bond donors (Lipinski definition) is 1. The molecule has 38 heavy (non-hydrogen) atoms. The van der Waals surface area contributed by atoms with Gasteiger partial charge in [-0.1, -0.05) is 17.7 Å². The van der Waals surface area contributed by atoms with Crippen molar-refractivity contribution in [1.82, 2.24) is 9.80 Å². The van der Waals surface area contributed by atoms with Gasteiger partial charge < -0.3 is 24.6 Å². The molecule has 1 aliphatic carbocycles. The van der Waals surface area contributed by atoms with Crippen LogP contribution in [0.4, 0.5) is 23.7 Å². The van der Waals surface area contributed by atoms with Crippen LogP contribution in [0.5, 0.6) is 11.5 Å². The molecule has 1 N–H and O–H groups in total. The molecule has 10 heteroatoms. The highest BCUT2D eigenvalue weighted by Gasteiger charge is 2.52. The van der Waals surface area contributed by atoms with Crippen molar-refractivity contribution >= 4 is 23.3 Å². The molecule has 2 aromatic carbocycles. The van der Waals surface area contributed by atoms with Crippen molar-refractivity contribution in [2.45, 2.75) is 69.2 Å². The third-order valence-electron chi connectivity index (χ3n) is 8.17. The van der Waals surface area contributed by atoms with Gasteiger partial charge in [0.1, 0.15) is 0 Å². The minimum Gasteiger partial charge on any atom is -0.493 e. The highest BCUT2D eigenvalue weighted by molar-refractivity contribution is 6.31. The smallest absolute Gasteiger partial charge is 0.417 e. The molecular formula is C28H35ClF3N3O3. The lowest BCUT2D eigenvalue weighted by Crippen LogP contribution is -2.55. The Bertz CT molecular complexity index is 1180. The molecule has 0 aromatic heterocycles.